The second kappa shape index (κ2) is 9.99. The van der Waals surface area contributed by atoms with Gasteiger partial charge in [-0.3, -0.25) is 0 Å². The van der Waals surface area contributed by atoms with E-state index in [1.807, 2.05) is 4.90 Å². The molecular formula is C25H24F4N4O3S. The number of rotatable bonds is 5. The van der Waals surface area contributed by atoms with Gasteiger partial charge in [-0.1, -0.05) is 18.2 Å². The summed E-state index contributed by atoms with van der Waals surface area (Å²) < 4.78 is 86.7. The van der Waals surface area contributed by atoms with Crippen molar-refractivity contribution in [2.75, 3.05) is 37.7 Å². The minimum atomic E-state index is -4.66. The molecule has 7 nitrogen and oxygen atoms in total. The number of hydrogen-bond donors (Lipinski definition) is 0. The number of anilines is 1. The van der Waals surface area contributed by atoms with E-state index in [1.165, 1.54) is 22.5 Å². The van der Waals surface area contributed by atoms with E-state index in [0.717, 1.165) is 12.1 Å². The first-order chi connectivity index (χ1) is 17.6. The summed E-state index contributed by atoms with van der Waals surface area (Å²) in [6.45, 7) is 2.03. The van der Waals surface area contributed by atoms with Gasteiger partial charge in [0.15, 0.2) is 0 Å². The second-order valence-corrected chi connectivity index (χ2v) is 10.8. The molecule has 0 radical (unpaired) electrons. The van der Waals surface area contributed by atoms with E-state index in [9.17, 15) is 26.0 Å². The molecule has 0 amide bonds. The molecule has 0 spiro atoms. The smallest absolute Gasteiger partial charge is 0.378 e. The van der Waals surface area contributed by atoms with Crippen molar-refractivity contribution in [3.63, 3.8) is 0 Å². The van der Waals surface area contributed by atoms with Crippen LogP contribution >= 0.6 is 0 Å². The van der Waals surface area contributed by atoms with Crippen LogP contribution in [0.5, 0.6) is 0 Å². The molecule has 0 aliphatic carbocycles. The molecule has 5 rings (SSSR count). The van der Waals surface area contributed by atoms with Crippen molar-refractivity contribution in [3.05, 3.63) is 82.6 Å². The van der Waals surface area contributed by atoms with Gasteiger partial charge in [-0.25, -0.2) is 22.8 Å². The SMILES string of the molecule is O=S(=O)(c1cccc(C(F)(F)F)c1)N1CCc2nc(Cc3cccc(F)c3)nc(N3CCOCC3)c2C1. The van der Waals surface area contributed by atoms with Gasteiger partial charge < -0.3 is 9.64 Å². The summed E-state index contributed by atoms with van der Waals surface area (Å²) in [5, 5.41) is 0. The number of aromatic nitrogens is 2. The van der Waals surface area contributed by atoms with E-state index in [4.69, 9.17) is 9.72 Å². The van der Waals surface area contributed by atoms with Gasteiger partial charge in [-0.05, 0) is 35.9 Å². The number of alkyl halides is 3. The van der Waals surface area contributed by atoms with Crippen molar-refractivity contribution in [1.29, 1.82) is 0 Å². The summed E-state index contributed by atoms with van der Waals surface area (Å²) in [6, 6.07) is 9.93. The fourth-order valence-corrected chi connectivity index (χ4v) is 6.01. The molecule has 1 aromatic heterocycles. The maximum Gasteiger partial charge on any atom is 0.416 e. The third-order valence-electron chi connectivity index (χ3n) is 6.41. The molecule has 2 aromatic carbocycles. The summed E-state index contributed by atoms with van der Waals surface area (Å²) in [6.07, 6.45) is -4.09. The highest BCUT2D eigenvalue weighted by atomic mass is 32.2. The highest BCUT2D eigenvalue weighted by Gasteiger charge is 2.35. The molecule has 0 unspecified atom stereocenters. The largest absolute Gasteiger partial charge is 0.416 e. The minimum Gasteiger partial charge on any atom is -0.378 e. The average molecular weight is 537 g/mol. The lowest BCUT2D eigenvalue weighted by atomic mass is 10.1. The summed E-state index contributed by atoms with van der Waals surface area (Å²) in [4.78, 5) is 11.0. The van der Waals surface area contributed by atoms with Crippen LogP contribution in [0.2, 0.25) is 0 Å². The van der Waals surface area contributed by atoms with Gasteiger partial charge in [0.05, 0.1) is 29.4 Å². The molecule has 196 valence electrons. The Balaban J connectivity index is 1.50. The van der Waals surface area contributed by atoms with Crippen LogP contribution in [0.4, 0.5) is 23.4 Å². The molecule has 2 aliphatic rings. The lowest BCUT2D eigenvalue weighted by Crippen LogP contribution is -2.41. The van der Waals surface area contributed by atoms with Gasteiger partial charge in [0.2, 0.25) is 10.0 Å². The van der Waals surface area contributed by atoms with E-state index in [2.05, 4.69) is 4.98 Å². The number of hydrogen-bond acceptors (Lipinski definition) is 6. The molecular weight excluding hydrogens is 512 g/mol. The third-order valence-corrected chi connectivity index (χ3v) is 8.25. The highest BCUT2D eigenvalue weighted by molar-refractivity contribution is 7.89. The van der Waals surface area contributed by atoms with Crippen LogP contribution in [-0.2, 0) is 40.3 Å². The monoisotopic (exact) mass is 536 g/mol. The molecule has 0 N–H and O–H groups in total. The van der Waals surface area contributed by atoms with Crippen molar-refractivity contribution < 1.29 is 30.7 Å². The molecule has 1 fully saturated rings. The standard InChI is InChI=1S/C25H24F4N4O3S/c26-19-5-1-3-17(13-19)14-23-30-22-7-8-33(16-21(22)24(31-23)32-9-11-36-12-10-32)37(34,35)20-6-2-4-18(15-20)25(27,28)29/h1-6,13,15H,7-12,14,16H2. The maximum atomic E-state index is 13.7. The van der Waals surface area contributed by atoms with Crippen LogP contribution in [0.25, 0.3) is 0 Å². The average Bonchev–Trinajstić information content (AvgIpc) is 2.88. The van der Waals surface area contributed by atoms with Crippen molar-refractivity contribution in [3.8, 4) is 0 Å². The van der Waals surface area contributed by atoms with Gasteiger partial charge in [0.25, 0.3) is 0 Å². The van der Waals surface area contributed by atoms with Crippen LogP contribution < -0.4 is 4.90 Å². The fraction of sp³-hybridized carbons (Fsp3) is 0.360. The van der Waals surface area contributed by atoms with E-state index >= 15 is 0 Å². The second-order valence-electron chi connectivity index (χ2n) is 8.91. The summed E-state index contributed by atoms with van der Waals surface area (Å²) in [5.41, 5.74) is 0.979. The number of ether oxygens (including phenoxy) is 1. The first-order valence-corrected chi connectivity index (χ1v) is 13.2. The molecule has 0 atom stereocenters. The number of morpholine rings is 1. The van der Waals surface area contributed by atoms with Crippen molar-refractivity contribution in [2.45, 2.75) is 30.5 Å². The Morgan fingerprint density at radius 3 is 2.46 bits per heavy atom. The number of halogens is 4. The van der Waals surface area contributed by atoms with Crippen LogP contribution in [-0.4, -0.2) is 55.5 Å². The molecule has 3 heterocycles. The van der Waals surface area contributed by atoms with Crippen LogP contribution in [0.15, 0.2) is 53.4 Å². The Bertz CT molecular complexity index is 1410. The highest BCUT2D eigenvalue weighted by Crippen LogP contribution is 2.34. The van der Waals surface area contributed by atoms with E-state index in [1.54, 1.807) is 12.1 Å². The van der Waals surface area contributed by atoms with Crippen LogP contribution in [0, 0.1) is 5.82 Å². The molecule has 2 aliphatic heterocycles. The lowest BCUT2D eigenvalue weighted by Gasteiger charge is -2.34. The zero-order chi connectivity index (χ0) is 26.2. The lowest BCUT2D eigenvalue weighted by molar-refractivity contribution is -0.137. The van der Waals surface area contributed by atoms with Gasteiger partial charge in [0.1, 0.15) is 17.5 Å². The summed E-state index contributed by atoms with van der Waals surface area (Å²) in [7, 11) is -4.21. The Hall–Kier alpha value is -3.09. The van der Waals surface area contributed by atoms with E-state index < -0.39 is 26.7 Å². The first kappa shape index (κ1) is 25.6. The molecule has 3 aromatic rings. The predicted octanol–water partition coefficient (Wildman–Crippen LogP) is 3.81. The Kier molecular flexibility index (Phi) is 6.90. The molecule has 0 saturated carbocycles. The van der Waals surface area contributed by atoms with Gasteiger partial charge >= 0.3 is 6.18 Å². The number of fused-ring (bicyclic) bond motifs is 1. The normalized spacial score (nSPS) is 17.0. The molecule has 0 bridgehead atoms. The number of nitrogens with zero attached hydrogens (tertiary/aromatic N) is 4. The Morgan fingerprint density at radius 1 is 0.973 bits per heavy atom. The maximum absolute atomic E-state index is 13.7. The quantitative estimate of drug-likeness (QED) is 0.462. The van der Waals surface area contributed by atoms with Gasteiger partial charge in [-0.2, -0.15) is 17.5 Å². The van der Waals surface area contributed by atoms with Crippen LogP contribution in [0.1, 0.15) is 28.2 Å². The first-order valence-electron chi connectivity index (χ1n) is 11.7. The Labute approximate surface area is 211 Å². The zero-order valence-corrected chi connectivity index (χ0v) is 20.5. The molecule has 12 heteroatoms. The van der Waals surface area contributed by atoms with Gasteiger partial charge in [-0.15, -0.1) is 0 Å². The van der Waals surface area contributed by atoms with Crippen molar-refractivity contribution in [2.24, 2.45) is 0 Å². The van der Waals surface area contributed by atoms with Crippen LogP contribution in [0.3, 0.4) is 0 Å². The molecule has 1 saturated heterocycles. The summed E-state index contributed by atoms with van der Waals surface area (Å²) >= 11 is 0. The minimum absolute atomic E-state index is 0.0601. The third kappa shape index (κ3) is 5.46. The van der Waals surface area contributed by atoms with Crippen molar-refractivity contribution >= 4 is 15.8 Å². The van der Waals surface area contributed by atoms with Crippen molar-refractivity contribution in [1.82, 2.24) is 14.3 Å². The Morgan fingerprint density at radius 2 is 1.73 bits per heavy atom. The van der Waals surface area contributed by atoms with Gasteiger partial charge in [0, 0.05) is 44.6 Å². The number of benzene rings is 2. The number of sulfonamides is 1. The molecule has 37 heavy (non-hydrogen) atoms. The predicted molar refractivity (Wildman–Crippen MR) is 127 cm³/mol. The zero-order valence-electron chi connectivity index (χ0n) is 19.7. The van der Waals surface area contributed by atoms with E-state index in [0.29, 0.717) is 67.3 Å². The topological polar surface area (TPSA) is 75.6 Å². The van der Waals surface area contributed by atoms with E-state index in [-0.39, 0.29) is 25.3 Å². The summed E-state index contributed by atoms with van der Waals surface area (Å²) in [5.74, 6) is 0.697. The fourth-order valence-electron chi connectivity index (χ4n) is 4.55.